The summed E-state index contributed by atoms with van der Waals surface area (Å²) >= 11 is 5.70. The Labute approximate surface area is 127 Å². The second-order valence-electron chi connectivity index (χ2n) is 4.84. The maximum Gasteiger partial charge on any atom is 0.289 e. The van der Waals surface area contributed by atoms with E-state index in [1.54, 1.807) is 7.11 Å². The second kappa shape index (κ2) is 6.27. The molecule has 116 valence electrons. The maximum absolute atomic E-state index is 12.5. The number of nitrogens with zero attached hydrogens (tertiary/aromatic N) is 2. The van der Waals surface area contributed by atoms with Gasteiger partial charge in [-0.15, -0.1) is 0 Å². The van der Waals surface area contributed by atoms with Gasteiger partial charge in [0.05, 0.1) is 16.4 Å². The Kier molecular flexibility index (Phi) is 4.82. The molecule has 0 spiro atoms. The summed E-state index contributed by atoms with van der Waals surface area (Å²) < 4.78 is 31.3. The molecule has 2 rings (SSSR count). The molecule has 0 aromatic heterocycles. The first-order chi connectivity index (χ1) is 9.86. The van der Waals surface area contributed by atoms with Crippen LogP contribution in [0.5, 0.6) is 0 Å². The first-order valence-corrected chi connectivity index (χ1v) is 8.11. The van der Waals surface area contributed by atoms with Crippen LogP contribution in [0.3, 0.4) is 0 Å². The number of rotatable bonds is 5. The molecule has 1 aliphatic rings. The topological polar surface area (TPSA) is 89.8 Å². The minimum Gasteiger partial charge on any atom is -0.384 e. The lowest BCUT2D eigenvalue weighted by molar-refractivity contribution is -0.384. The molecule has 0 radical (unpaired) electrons. The molecular formula is C12H15ClN2O5S. The largest absolute Gasteiger partial charge is 0.384 e. The Morgan fingerprint density at radius 3 is 2.86 bits per heavy atom. The fourth-order valence-electron chi connectivity index (χ4n) is 2.33. The fraction of sp³-hybridized carbons (Fsp3) is 0.500. The lowest BCUT2D eigenvalue weighted by Crippen LogP contribution is -2.29. The molecule has 1 aromatic rings. The molecule has 0 amide bonds. The fourth-order valence-corrected chi connectivity index (χ4v) is 4.07. The van der Waals surface area contributed by atoms with Crippen LogP contribution in [0.4, 0.5) is 5.69 Å². The van der Waals surface area contributed by atoms with E-state index in [4.69, 9.17) is 16.3 Å². The van der Waals surface area contributed by atoms with Gasteiger partial charge in [0.2, 0.25) is 10.0 Å². The van der Waals surface area contributed by atoms with E-state index in [1.807, 2.05) is 0 Å². The predicted octanol–water partition coefficient (Wildman–Crippen LogP) is 1.91. The summed E-state index contributed by atoms with van der Waals surface area (Å²) in [5.74, 6) is 0.145. The van der Waals surface area contributed by atoms with E-state index in [-0.39, 0.29) is 15.8 Å². The van der Waals surface area contributed by atoms with E-state index in [0.29, 0.717) is 26.1 Å². The molecule has 9 heteroatoms. The van der Waals surface area contributed by atoms with Gasteiger partial charge in [-0.05, 0) is 24.5 Å². The van der Waals surface area contributed by atoms with Crippen molar-refractivity contribution in [3.05, 3.63) is 33.3 Å². The van der Waals surface area contributed by atoms with Crippen molar-refractivity contribution in [1.29, 1.82) is 0 Å². The number of hydrogen-bond donors (Lipinski definition) is 0. The van der Waals surface area contributed by atoms with Crippen molar-refractivity contribution in [1.82, 2.24) is 4.31 Å². The van der Waals surface area contributed by atoms with Crippen LogP contribution in [0.25, 0.3) is 0 Å². The van der Waals surface area contributed by atoms with Gasteiger partial charge < -0.3 is 4.74 Å². The van der Waals surface area contributed by atoms with Gasteiger partial charge in [-0.2, -0.15) is 4.31 Å². The summed E-state index contributed by atoms with van der Waals surface area (Å²) in [6.45, 7) is 1.23. The molecule has 1 heterocycles. The molecule has 0 aliphatic carbocycles. The summed E-state index contributed by atoms with van der Waals surface area (Å²) in [5.41, 5.74) is -0.412. The minimum absolute atomic E-state index is 0.0855. The Balaban J connectivity index is 2.28. The van der Waals surface area contributed by atoms with Crippen molar-refractivity contribution in [2.75, 3.05) is 26.8 Å². The molecule has 1 fully saturated rings. The standard InChI is InChI=1S/C12H15ClN2O5S/c1-20-8-9-4-5-14(7-9)21(18,19)10-2-3-11(13)12(6-10)15(16)17/h2-3,6,9H,4-5,7-8H2,1H3. The van der Waals surface area contributed by atoms with Gasteiger partial charge >= 0.3 is 0 Å². The van der Waals surface area contributed by atoms with E-state index < -0.39 is 20.6 Å². The first kappa shape index (κ1) is 16.2. The van der Waals surface area contributed by atoms with Crippen LogP contribution in [-0.2, 0) is 14.8 Å². The quantitative estimate of drug-likeness (QED) is 0.606. The molecule has 1 atom stereocenters. The third kappa shape index (κ3) is 3.34. The number of sulfonamides is 1. The Bertz CT molecular complexity index is 649. The zero-order chi connectivity index (χ0) is 15.6. The second-order valence-corrected chi connectivity index (χ2v) is 7.19. The average Bonchev–Trinajstić information content (AvgIpc) is 2.88. The molecule has 1 aliphatic heterocycles. The highest BCUT2D eigenvalue weighted by Crippen LogP contribution is 2.30. The summed E-state index contributed by atoms with van der Waals surface area (Å²) in [5, 5.41) is 10.8. The van der Waals surface area contributed by atoms with E-state index in [1.165, 1.54) is 16.4 Å². The maximum atomic E-state index is 12.5. The highest BCUT2D eigenvalue weighted by atomic mass is 35.5. The van der Waals surface area contributed by atoms with Gasteiger partial charge in [0.25, 0.3) is 5.69 Å². The van der Waals surface area contributed by atoms with E-state index >= 15 is 0 Å². The van der Waals surface area contributed by atoms with Gasteiger partial charge in [0, 0.05) is 26.3 Å². The Hall–Kier alpha value is -1.22. The monoisotopic (exact) mass is 334 g/mol. The predicted molar refractivity (Wildman–Crippen MR) is 76.8 cm³/mol. The van der Waals surface area contributed by atoms with Crippen molar-refractivity contribution in [2.24, 2.45) is 5.92 Å². The molecule has 1 saturated heterocycles. The van der Waals surface area contributed by atoms with Crippen LogP contribution in [0.1, 0.15) is 6.42 Å². The van der Waals surface area contributed by atoms with Gasteiger partial charge in [-0.3, -0.25) is 10.1 Å². The van der Waals surface area contributed by atoms with Crippen molar-refractivity contribution in [2.45, 2.75) is 11.3 Å². The van der Waals surface area contributed by atoms with Crippen LogP contribution in [-0.4, -0.2) is 44.5 Å². The molecule has 0 N–H and O–H groups in total. The average molecular weight is 335 g/mol. The van der Waals surface area contributed by atoms with E-state index in [0.717, 1.165) is 6.07 Å². The van der Waals surface area contributed by atoms with Crippen LogP contribution in [0.2, 0.25) is 5.02 Å². The number of halogens is 1. The zero-order valence-electron chi connectivity index (χ0n) is 11.4. The number of hydrogen-bond acceptors (Lipinski definition) is 5. The molecule has 1 unspecified atom stereocenters. The molecule has 0 bridgehead atoms. The molecule has 0 saturated carbocycles. The number of nitro groups is 1. The van der Waals surface area contributed by atoms with Crippen LogP contribution in [0, 0.1) is 16.0 Å². The number of nitro benzene ring substituents is 1. The van der Waals surface area contributed by atoms with Crippen LogP contribution < -0.4 is 0 Å². The summed E-state index contributed by atoms with van der Waals surface area (Å²) in [6.07, 6.45) is 0.711. The minimum atomic E-state index is -3.75. The number of benzene rings is 1. The SMILES string of the molecule is COCC1CCN(S(=O)(=O)c2ccc(Cl)c([N+](=O)[O-])c2)C1. The van der Waals surface area contributed by atoms with Crippen LogP contribution >= 0.6 is 11.6 Å². The normalized spacial score (nSPS) is 19.8. The lowest BCUT2D eigenvalue weighted by Gasteiger charge is -2.16. The summed E-state index contributed by atoms with van der Waals surface area (Å²) in [6, 6.07) is 3.52. The molecule has 1 aromatic carbocycles. The highest BCUT2D eigenvalue weighted by Gasteiger charge is 2.33. The summed E-state index contributed by atoms with van der Waals surface area (Å²) in [7, 11) is -2.18. The third-order valence-electron chi connectivity index (χ3n) is 3.40. The van der Waals surface area contributed by atoms with Crippen LogP contribution in [0.15, 0.2) is 23.1 Å². The number of methoxy groups -OCH3 is 1. The van der Waals surface area contributed by atoms with Crippen molar-refractivity contribution in [3.8, 4) is 0 Å². The Morgan fingerprint density at radius 2 is 2.24 bits per heavy atom. The van der Waals surface area contributed by atoms with Gasteiger partial charge in [-0.25, -0.2) is 8.42 Å². The first-order valence-electron chi connectivity index (χ1n) is 6.29. The van der Waals surface area contributed by atoms with Gasteiger partial charge in [-0.1, -0.05) is 11.6 Å². The van der Waals surface area contributed by atoms with Crippen molar-refractivity contribution in [3.63, 3.8) is 0 Å². The third-order valence-corrected chi connectivity index (χ3v) is 5.58. The highest BCUT2D eigenvalue weighted by molar-refractivity contribution is 7.89. The van der Waals surface area contributed by atoms with Gasteiger partial charge in [0.1, 0.15) is 5.02 Å². The number of ether oxygens (including phenoxy) is 1. The smallest absolute Gasteiger partial charge is 0.289 e. The molecule has 21 heavy (non-hydrogen) atoms. The van der Waals surface area contributed by atoms with Crippen molar-refractivity contribution >= 4 is 27.3 Å². The Morgan fingerprint density at radius 1 is 1.52 bits per heavy atom. The lowest BCUT2D eigenvalue weighted by atomic mass is 10.1. The van der Waals surface area contributed by atoms with E-state index in [2.05, 4.69) is 0 Å². The summed E-state index contributed by atoms with van der Waals surface area (Å²) in [4.78, 5) is 10.0. The molecule has 7 nitrogen and oxygen atoms in total. The van der Waals surface area contributed by atoms with Crippen molar-refractivity contribution < 1.29 is 18.1 Å². The van der Waals surface area contributed by atoms with Gasteiger partial charge in [0.15, 0.2) is 0 Å². The zero-order valence-corrected chi connectivity index (χ0v) is 12.9. The van der Waals surface area contributed by atoms with E-state index in [9.17, 15) is 18.5 Å². The molecular weight excluding hydrogens is 320 g/mol.